The van der Waals surface area contributed by atoms with Crippen LogP contribution in [0.5, 0.6) is 5.75 Å². The molecule has 0 spiro atoms. The SMILES string of the molecule is CC(N)=NC1CCC(Oc2ccc(C)cc2)CC1. The van der Waals surface area contributed by atoms with E-state index in [1.807, 2.05) is 19.1 Å². The van der Waals surface area contributed by atoms with Crippen molar-refractivity contribution in [1.82, 2.24) is 0 Å². The van der Waals surface area contributed by atoms with Crippen LogP contribution in [-0.4, -0.2) is 18.0 Å². The van der Waals surface area contributed by atoms with E-state index in [4.69, 9.17) is 10.5 Å². The van der Waals surface area contributed by atoms with Crippen LogP contribution in [0.25, 0.3) is 0 Å². The lowest BCUT2D eigenvalue weighted by molar-refractivity contribution is 0.147. The predicted molar refractivity (Wildman–Crippen MR) is 75.1 cm³/mol. The smallest absolute Gasteiger partial charge is 0.119 e. The van der Waals surface area contributed by atoms with Gasteiger partial charge in [-0.1, -0.05) is 17.7 Å². The number of amidine groups is 1. The second-order valence-corrected chi connectivity index (χ2v) is 5.13. The van der Waals surface area contributed by atoms with E-state index in [1.165, 1.54) is 5.56 Å². The maximum atomic E-state index is 5.98. The Labute approximate surface area is 109 Å². The highest BCUT2D eigenvalue weighted by molar-refractivity contribution is 5.77. The van der Waals surface area contributed by atoms with Gasteiger partial charge in [0.25, 0.3) is 0 Å². The molecule has 18 heavy (non-hydrogen) atoms. The Morgan fingerprint density at radius 1 is 1.17 bits per heavy atom. The third kappa shape index (κ3) is 3.76. The second kappa shape index (κ2) is 5.89. The molecule has 0 unspecified atom stereocenters. The van der Waals surface area contributed by atoms with Crippen LogP contribution >= 0.6 is 0 Å². The number of nitrogens with zero attached hydrogens (tertiary/aromatic N) is 1. The first kappa shape index (κ1) is 12.9. The van der Waals surface area contributed by atoms with Gasteiger partial charge < -0.3 is 10.5 Å². The molecule has 3 nitrogen and oxygen atoms in total. The Hall–Kier alpha value is -1.51. The van der Waals surface area contributed by atoms with Crippen molar-refractivity contribution in [2.45, 2.75) is 51.7 Å². The zero-order chi connectivity index (χ0) is 13.0. The quantitative estimate of drug-likeness (QED) is 0.658. The minimum absolute atomic E-state index is 0.331. The normalized spacial score (nSPS) is 24.9. The summed E-state index contributed by atoms with van der Waals surface area (Å²) in [5, 5.41) is 0. The van der Waals surface area contributed by atoms with Crippen LogP contribution in [0.2, 0.25) is 0 Å². The van der Waals surface area contributed by atoms with Gasteiger partial charge in [-0.25, -0.2) is 0 Å². The van der Waals surface area contributed by atoms with Crippen LogP contribution in [0.3, 0.4) is 0 Å². The van der Waals surface area contributed by atoms with Crippen molar-refractivity contribution in [1.29, 1.82) is 0 Å². The molecule has 0 saturated heterocycles. The molecule has 0 aliphatic heterocycles. The molecule has 1 saturated carbocycles. The van der Waals surface area contributed by atoms with E-state index in [2.05, 4.69) is 24.0 Å². The van der Waals surface area contributed by atoms with Crippen LogP contribution in [0, 0.1) is 6.92 Å². The monoisotopic (exact) mass is 246 g/mol. The third-order valence-electron chi connectivity index (χ3n) is 3.35. The number of aliphatic imine (C=N–C) groups is 1. The third-order valence-corrected chi connectivity index (χ3v) is 3.35. The molecule has 2 N–H and O–H groups in total. The summed E-state index contributed by atoms with van der Waals surface area (Å²) >= 11 is 0. The largest absolute Gasteiger partial charge is 0.490 e. The molecule has 1 aromatic carbocycles. The molecule has 0 atom stereocenters. The van der Waals surface area contributed by atoms with Crippen LogP contribution < -0.4 is 10.5 Å². The van der Waals surface area contributed by atoms with E-state index < -0.39 is 0 Å². The Balaban J connectivity index is 1.83. The number of rotatable bonds is 3. The van der Waals surface area contributed by atoms with Crippen LogP contribution in [0.1, 0.15) is 38.2 Å². The van der Waals surface area contributed by atoms with E-state index in [-0.39, 0.29) is 0 Å². The van der Waals surface area contributed by atoms with Crippen molar-refractivity contribution in [3.8, 4) is 5.75 Å². The van der Waals surface area contributed by atoms with E-state index >= 15 is 0 Å². The maximum absolute atomic E-state index is 5.98. The molecule has 2 rings (SSSR count). The number of aryl methyl sites for hydroxylation is 1. The molecule has 1 fully saturated rings. The van der Waals surface area contributed by atoms with Gasteiger partial charge >= 0.3 is 0 Å². The summed E-state index contributed by atoms with van der Waals surface area (Å²) in [6, 6.07) is 8.66. The van der Waals surface area contributed by atoms with Crippen molar-refractivity contribution < 1.29 is 4.74 Å². The zero-order valence-electron chi connectivity index (χ0n) is 11.2. The Kier molecular flexibility index (Phi) is 4.24. The van der Waals surface area contributed by atoms with Gasteiger partial charge in [-0.2, -0.15) is 0 Å². The molecule has 1 aliphatic carbocycles. The lowest BCUT2D eigenvalue weighted by Gasteiger charge is -2.27. The van der Waals surface area contributed by atoms with E-state index in [0.29, 0.717) is 18.0 Å². The van der Waals surface area contributed by atoms with Crippen molar-refractivity contribution in [2.75, 3.05) is 0 Å². The zero-order valence-corrected chi connectivity index (χ0v) is 11.2. The molecule has 98 valence electrons. The highest BCUT2D eigenvalue weighted by atomic mass is 16.5. The fourth-order valence-corrected chi connectivity index (χ4v) is 2.39. The summed E-state index contributed by atoms with van der Waals surface area (Å²) in [6.07, 6.45) is 4.61. The van der Waals surface area contributed by atoms with Crippen molar-refractivity contribution in [3.05, 3.63) is 29.8 Å². The highest BCUT2D eigenvalue weighted by Crippen LogP contribution is 2.25. The number of nitrogens with two attached hydrogens (primary N) is 1. The van der Waals surface area contributed by atoms with Gasteiger partial charge in [-0.3, -0.25) is 4.99 Å². The number of hydrogen-bond donors (Lipinski definition) is 1. The second-order valence-electron chi connectivity index (χ2n) is 5.13. The van der Waals surface area contributed by atoms with Crippen molar-refractivity contribution in [2.24, 2.45) is 10.7 Å². The molecule has 0 amide bonds. The molecule has 0 aromatic heterocycles. The fourth-order valence-electron chi connectivity index (χ4n) is 2.39. The topological polar surface area (TPSA) is 47.6 Å². The Bertz CT molecular complexity index is 399. The van der Waals surface area contributed by atoms with Crippen molar-refractivity contribution in [3.63, 3.8) is 0 Å². The molecular formula is C15H22N2O. The van der Waals surface area contributed by atoms with E-state index in [9.17, 15) is 0 Å². The Morgan fingerprint density at radius 2 is 1.78 bits per heavy atom. The molecule has 3 heteroatoms. The van der Waals surface area contributed by atoms with Crippen LogP contribution in [0.15, 0.2) is 29.3 Å². The fraction of sp³-hybridized carbons (Fsp3) is 0.533. The van der Waals surface area contributed by atoms with Gasteiger partial charge in [0.05, 0.1) is 18.0 Å². The maximum Gasteiger partial charge on any atom is 0.119 e. The van der Waals surface area contributed by atoms with Gasteiger partial charge in [0, 0.05) is 0 Å². The van der Waals surface area contributed by atoms with Gasteiger partial charge in [-0.15, -0.1) is 0 Å². The van der Waals surface area contributed by atoms with E-state index in [1.54, 1.807) is 0 Å². The molecule has 0 bridgehead atoms. The number of ether oxygens (including phenoxy) is 1. The molecule has 1 aliphatic rings. The average Bonchev–Trinajstić information content (AvgIpc) is 2.34. The summed E-state index contributed by atoms with van der Waals surface area (Å²) in [5.74, 6) is 1.67. The summed E-state index contributed by atoms with van der Waals surface area (Å²) in [6.45, 7) is 3.94. The predicted octanol–water partition coefficient (Wildman–Crippen LogP) is 3.06. The van der Waals surface area contributed by atoms with Crippen molar-refractivity contribution >= 4 is 5.84 Å². The van der Waals surface area contributed by atoms with E-state index in [0.717, 1.165) is 31.4 Å². The van der Waals surface area contributed by atoms with Gasteiger partial charge in [0.1, 0.15) is 5.75 Å². The summed E-state index contributed by atoms with van der Waals surface area (Å²) in [5.41, 5.74) is 6.88. The first-order valence-electron chi connectivity index (χ1n) is 6.66. The molecule has 0 radical (unpaired) electrons. The molecule has 0 heterocycles. The first-order chi connectivity index (χ1) is 8.63. The Morgan fingerprint density at radius 3 is 2.33 bits per heavy atom. The minimum atomic E-state index is 0.331. The molecule has 1 aromatic rings. The molecular weight excluding hydrogens is 224 g/mol. The summed E-state index contributed by atoms with van der Waals surface area (Å²) in [7, 11) is 0. The number of benzene rings is 1. The van der Waals surface area contributed by atoms with Crippen LogP contribution in [-0.2, 0) is 0 Å². The lowest BCUT2D eigenvalue weighted by atomic mass is 9.93. The van der Waals surface area contributed by atoms with Gasteiger partial charge in [-0.05, 0) is 51.7 Å². The summed E-state index contributed by atoms with van der Waals surface area (Å²) < 4.78 is 5.98. The summed E-state index contributed by atoms with van der Waals surface area (Å²) in [4.78, 5) is 4.43. The highest BCUT2D eigenvalue weighted by Gasteiger charge is 2.21. The van der Waals surface area contributed by atoms with Crippen LogP contribution in [0.4, 0.5) is 0 Å². The number of hydrogen-bond acceptors (Lipinski definition) is 2. The first-order valence-corrected chi connectivity index (χ1v) is 6.66. The standard InChI is InChI=1S/C15H22N2O/c1-11-3-7-14(8-4-11)18-15-9-5-13(6-10-15)17-12(2)16/h3-4,7-8,13,15H,5-6,9-10H2,1-2H3,(H2,16,17). The van der Waals surface area contributed by atoms with Gasteiger partial charge in [0.2, 0.25) is 0 Å². The lowest BCUT2D eigenvalue weighted by Crippen LogP contribution is -2.27. The minimum Gasteiger partial charge on any atom is -0.490 e. The average molecular weight is 246 g/mol. The van der Waals surface area contributed by atoms with Gasteiger partial charge in [0.15, 0.2) is 0 Å².